The van der Waals surface area contributed by atoms with Crippen LogP contribution in [0.5, 0.6) is 5.75 Å². The van der Waals surface area contributed by atoms with Gasteiger partial charge in [-0.15, -0.1) is 0 Å². The van der Waals surface area contributed by atoms with E-state index >= 15 is 0 Å². The van der Waals surface area contributed by atoms with Gasteiger partial charge in [-0.3, -0.25) is 0 Å². The van der Waals surface area contributed by atoms with Crippen molar-refractivity contribution in [1.82, 2.24) is 0 Å². The van der Waals surface area contributed by atoms with Crippen molar-refractivity contribution in [2.24, 2.45) is 0 Å². The van der Waals surface area contributed by atoms with E-state index in [1.54, 1.807) is 18.2 Å². The quantitative estimate of drug-likeness (QED) is 0.854. The van der Waals surface area contributed by atoms with Crippen molar-refractivity contribution in [3.63, 3.8) is 0 Å². The Morgan fingerprint density at radius 3 is 2.61 bits per heavy atom. The molecule has 18 heavy (non-hydrogen) atoms. The average Bonchev–Trinajstić information content (AvgIpc) is 2.32. The normalized spacial score (nSPS) is 10.4. The number of anilines is 1. The second kappa shape index (κ2) is 5.46. The van der Waals surface area contributed by atoms with E-state index < -0.39 is 5.82 Å². The molecule has 2 nitrogen and oxygen atoms in total. The fraction of sp³-hybridized carbons (Fsp3) is 0.0769. The maximum Gasteiger partial charge on any atom is 0.145 e. The third-order valence-corrected chi connectivity index (χ3v) is 2.96. The third-order valence-electron chi connectivity index (χ3n) is 2.37. The van der Waals surface area contributed by atoms with Crippen LogP contribution in [0.2, 0.25) is 10.0 Å². The second-order valence-electron chi connectivity index (χ2n) is 3.71. The lowest BCUT2D eigenvalue weighted by Gasteiger charge is -2.10. The monoisotopic (exact) mass is 285 g/mol. The van der Waals surface area contributed by atoms with Crippen LogP contribution in [-0.4, -0.2) is 0 Å². The van der Waals surface area contributed by atoms with Crippen molar-refractivity contribution in [2.45, 2.75) is 6.61 Å². The molecule has 2 aromatic rings. The number of hydrogen-bond acceptors (Lipinski definition) is 2. The Morgan fingerprint density at radius 2 is 1.89 bits per heavy atom. The van der Waals surface area contributed by atoms with Gasteiger partial charge >= 0.3 is 0 Å². The Kier molecular flexibility index (Phi) is 3.94. The molecule has 2 aromatic carbocycles. The molecule has 0 radical (unpaired) electrons. The summed E-state index contributed by atoms with van der Waals surface area (Å²) in [5.41, 5.74) is 6.80. The molecule has 0 atom stereocenters. The van der Waals surface area contributed by atoms with E-state index in [0.717, 1.165) is 5.56 Å². The van der Waals surface area contributed by atoms with Crippen molar-refractivity contribution < 1.29 is 9.13 Å². The van der Waals surface area contributed by atoms with Crippen LogP contribution in [0.15, 0.2) is 36.4 Å². The van der Waals surface area contributed by atoms with Gasteiger partial charge in [-0.2, -0.15) is 0 Å². The number of hydrogen-bond donors (Lipinski definition) is 1. The van der Waals surface area contributed by atoms with Crippen molar-refractivity contribution in [3.05, 3.63) is 57.8 Å². The Morgan fingerprint density at radius 1 is 1.11 bits per heavy atom. The van der Waals surface area contributed by atoms with E-state index in [0.29, 0.717) is 21.5 Å². The van der Waals surface area contributed by atoms with Crippen LogP contribution in [-0.2, 0) is 6.61 Å². The number of rotatable bonds is 3. The van der Waals surface area contributed by atoms with Gasteiger partial charge in [-0.05, 0) is 24.3 Å². The van der Waals surface area contributed by atoms with Crippen molar-refractivity contribution >= 4 is 28.9 Å². The summed E-state index contributed by atoms with van der Waals surface area (Å²) in [5, 5.41) is 1.05. The minimum Gasteiger partial charge on any atom is -0.487 e. The highest BCUT2D eigenvalue weighted by atomic mass is 35.5. The van der Waals surface area contributed by atoms with Crippen LogP contribution in [0.25, 0.3) is 0 Å². The first-order valence-electron chi connectivity index (χ1n) is 5.18. The lowest BCUT2D eigenvalue weighted by Crippen LogP contribution is -1.99. The highest BCUT2D eigenvalue weighted by molar-refractivity contribution is 6.35. The predicted octanol–water partition coefficient (Wildman–Crippen LogP) is 4.29. The first-order valence-corrected chi connectivity index (χ1v) is 5.93. The van der Waals surface area contributed by atoms with Gasteiger partial charge < -0.3 is 10.5 Å². The zero-order valence-electron chi connectivity index (χ0n) is 9.29. The van der Waals surface area contributed by atoms with Crippen LogP contribution in [0.4, 0.5) is 10.1 Å². The molecular weight excluding hydrogens is 276 g/mol. The number of nitrogen functional groups attached to an aromatic ring is 1. The highest BCUT2D eigenvalue weighted by Crippen LogP contribution is 2.26. The SMILES string of the molecule is Nc1ccc(F)cc1OCc1ccc(Cl)cc1Cl. The van der Waals surface area contributed by atoms with Gasteiger partial charge in [-0.1, -0.05) is 29.3 Å². The molecule has 0 aromatic heterocycles. The Bertz CT molecular complexity index is 575. The summed E-state index contributed by atoms with van der Waals surface area (Å²) in [6.07, 6.45) is 0. The van der Waals surface area contributed by atoms with E-state index in [1.165, 1.54) is 18.2 Å². The lowest BCUT2D eigenvalue weighted by atomic mass is 10.2. The Balaban J connectivity index is 2.13. The van der Waals surface area contributed by atoms with Gasteiger partial charge in [0.05, 0.1) is 5.69 Å². The standard InChI is InChI=1S/C13H10Cl2FNO/c14-9-2-1-8(11(15)5-9)7-18-13-6-10(16)3-4-12(13)17/h1-6H,7,17H2. The minimum absolute atomic E-state index is 0.198. The number of ether oxygens (including phenoxy) is 1. The molecular formula is C13H10Cl2FNO. The molecule has 0 spiro atoms. The maximum atomic E-state index is 13.0. The predicted molar refractivity (Wildman–Crippen MR) is 71.6 cm³/mol. The van der Waals surface area contributed by atoms with Gasteiger partial charge in [-0.25, -0.2) is 4.39 Å². The molecule has 0 saturated carbocycles. The topological polar surface area (TPSA) is 35.2 Å². The minimum atomic E-state index is -0.401. The molecule has 0 heterocycles. The maximum absolute atomic E-state index is 13.0. The van der Waals surface area contributed by atoms with Gasteiger partial charge in [0, 0.05) is 21.7 Å². The molecule has 0 aliphatic heterocycles. The summed E-state index contributed by atoms with van der Waals surface area (Å²) < 4.78 is 18.5. The van der Waals surface area contributed by atoms with Gasteiger partial charge in [0.1, 0.15) is 18.2 Å². The molecule has 0 amide bonds. The number of nitrogens with two attached hydrogens (primary N) is 1. The Hall–Kier alpha value is -1.45. The van der Waals surface area contributed by atoms with E-state index in [4.69, 9.17) is 33.7 Å². The van der Waals surface area contributed by atoms with Gasteiger partial charge in [0.2, 0.25) is 0 Å². The molecule has 0 saturated heterocycles. The molecule has 5 heteroatoms. The molecule has 94 valence electrons. The fourth-order valence-corrected chi connectivity index (χ4v) is 1.89. The van der Waals surface area contributed by atoms with Crippen molar-refractivity contribution in [1.29, 1.82) is 0 Å². The van der Waals surface area contributed by atoms with Gasteiger partial charge in [0.15, 0.2) is 0 Å². The second-order valence-corrected chi connectivity index (χ2v) is 4.55. The summed E-state index contributed by atoms with van der Waals surface area (Å²) in [4.78, 5) is 0. The van der Waals surface area contributed by atoms with Gasteiger partial charge in [0.25, 0.3) is 0 Å². The zero-order chi connectivity index (χ0) is 13.1. The first-order chi connectivity index (χ1) is 8.56. The molecule has 2 N–H and O–H groups in total. The molecule has 0 bridgehead atoms. The van der Waals surface area contributed by atoms with Crippen molar-refractivity contribution in [3.8, 4) is 5.75 Å². The van der Waals surface area contributed by atoms with E-state index in [1.807, 2.05) is 0 Å². The molecule has 0 aliphatic rings. The zero-order valence-corrected chi connectivity index (χ0v) is 10.8. The molecule has 0 aliphatic carbocycles. The average molecular weight is 286 g/mol. The molecule has 0 fully saturated rings. The summed E-state index contributed by atoms with van der Waals surface area (Å²) in [5.74, 6) is -0.109. The van der Waals surface area contributed by atoms with Crippen LogP contribution >= 0.6 is 23.2 Å². The van der Waals surface area contributed by atoms with Crippen LogP contribution in [0, 0.1) is 5.82 Å². The number of halogens is 3. The summed E-state index contributed by atoms with van der Waals surface area (Å²) in [6.45, 7) is 0.198. The molecule has 0 unspecified atom stereocenters. The van der Waals surface area contributed by atoms with Crippen molar-refractivity contribution in [2.75, 3.05) is 5.73 Å². The summed E-state index contributed by atoms with van der Waals surface area (Å²) in [7, 11) is 0. The third kappa shape index (κ3) is 3.06. The van der Waals surface area contributed by atoms with Crippen LogP contribution < -0.4 is 10.5 Å². The van der Waals surface area contributed by atoms with Crippen LogP contribution in [0.1, 0.15) is 5.56 Å². The smallest absolute Gasteiger partial charge is 0.145 e. The van der Waals surface area contributed by atoms with E-state index in [9.17, 15) is 4.39 Å². The van der Waals surface area contributed by atoms with E-state index in [-0.39, 0.29) is 6.61 Å². The summed E-state index contributed by atoms with van der Waals surface area (Å²) in [6, 6.07) is 9.04. The van der Waals surface area contributed by atoms with Crippen LogP contribution in [0.3, 0.4) is 0 Å². The summed E-state index contributed by atoms with van der Waals surface area (Å²) >= 11 is 11.8. The Labute approximate surface area is 114 Å². The highest BCUT2D eigenvalue weighted by Gasteiger charge is 2.05. The first kappa shape index (κ1) is 13.0. The molecule has 2 rings (SSSR count). The fourth-order valence-electron chi connectivity index (χ4n) is 1.43. The van der Waals surface area contributed by atoms with E-state index in [2.05, 4.69) is 0 Å². The number of benzene rings is 2. The lowest BCUT2D eigenvalue weighted by molar-refractivity contribution is 0.306. The largest absolute Gasteiger partial charge is 0.487 e.